The smallest absolute Gasteiger partial charge is 0.407 e. The third kappa shape index (κ3) is 8.92. The molecule has 0 spiro atoms. The summed E-state index contributed by atoms with van der Waals surface area (Å²) >= 11 is 3.23. The number of amides is 4. The van der Waals surface area contributed by atoms with Gasteiger partial charge in [0, 0.05) is 38.4 Å². The van der Waals surface area contributed by atoms with Gasteiger partial charge in [-0.25, -0.2) is 19.6 Å². The van der Waals surface area contributed by atoms with Gasteiger partial charge in [0.15, 0.2) is 0 Å². The van der Waals surface area contributed by atoms with Crippen LogP contribution in [-0.4, -0.2) is 83.7 Å². The minimum Gasteiger partial charge on any atom is -0.453 e. The van der Waals surface area contributed by atoms with E-state index in [4.69, 9.17) is 14.7 Å². The molecule has 4 aromatic rings. The lowest BCUT2D eigenvalue weighted by Gasteiger charge is -2.29. The maximum Gasteiger partial charge on any atom is 0.407 e. The van der Waals surface area contributed by atoms with E-state index < -0.39 is 18.2 Å². The lowest BCUT2D eigenvalue weighted by atomic mass is 10.0. The topological polar surface area (TPSA) is 143 Å². The van der Waals surface area contributed by atoms with Crippen LogP contribution in [0.5, 0.6) is 0 Å². The van der Waals surface area contributed by atoms with E-state index in [2.05, 4.69) is 63.9 Å². The van der Waals surface area contributed by atoms with Gasteiger partial charge in [0.1, 0.15) is 16.1 Å². The molecular formula is C40H48N6O6S2. The molecule has 4 amide bonds. The van der Waals surface area contributed by atoms with Gasteiger partial charge in [-0.3, -0.25) is 9.59 Å². The Labute approximate surface area is 324 Å². The zero-order valence-electron chi connectivity index (χ0n) is 31.4. The van der Waals surface area contributed by atoms with E-state index in [9.17, 15) is 19.2 Å². The van der Waals surface area contributed by atoms with E-state index in [1.54, 1.807) is 22.7 Å². The van der Waals surface area contributed by atoms with Crippen molar-refractivity contribution < 1.29 is 28.7 Å². The van der Waals surface area contributed by atoms with E-state index in [-0.39, 0.29) is 35.7 Å². The molecule has 2 fully saturated rings. The number of aromatic nitrogens is 2. The van der Waals surface area contributed by atoms with E-state index in [0.717, 1.165) is 67.7 Å². The molecule has 2 aliphatic heterocycles. The molecular weight excluding hydrogens is 725 g/mol. The fourth-order valence-corrected chi connectivity index (χ4v) is 9.25. The van der Waals surface area contributed by atoms with Gasteiger partial charge in [0.2, 0.25) is 11.8 Å². The summed E-state index contributed by atoms with van der Waals surface area (Å²) in [5.74, 6) is -0.118. The molecule has 2 saturated heterocycles. The molecule has 2 N–H and O–H groups in total. The molecule has 2 aromatic carbocycles. The van der Waals surface area contributed by atoms with Crippen LogP contribution in [0.3, 0.4) is 0 Å². The molecule has 0 saturated carbocycles. The quantitative estimate of drug-likeness (QED) is 0.149. The summed E-state index contributed by atoms with van der Waals surface area (Å²) in [4.78, 5) is 65.5. The second-order valence-corrected chi connectivity index (χ2v) is 16.4. The normalized spacial score (nSPS) is 18.0. The van der Waals surface area contributed by atoms with E-state index in [1.807, 2.05) is 43.0 Å². The first-order chi connectivity index (χ1) is 26.1. The highest BCUT2D eigenvalue weighted by Crippen LogP contribution is 2.40. The number of rotatable bonds is 12. The lowest BCUT2D eigenvalue weighted by Crippen LogP contribution is -2.51. The van der Waals surface area contributed by atoms with Crippen molar-refractivity contribution in [3.8, 4) is 32.0 Å². The third-order valence-electron chi connectivity index (χ3n) is 10.1. The Morgan fingerprint density at radius 2 is 1.22 bits per heavy atom. The highest BCUT2D eigenvalue weighted by Gasteiger charge is 2.38. The number of nitrogens with zero attached hydrogens (tertiary/aromatic N) is 4. The monoisotopic (exact) mass is 772 g/mol. The van der Waals surface area contributed by atoms with Crippen molar-refractivity contribution in [1.82, 2.24) is 30.4 Å². The molecule has 2 aromatic heterocycles. The van der Waals surface area contributed by atoms with Crippen LogP contribution in [0, 0.1) is 11.8 Å². The molecule has 0 aliphatic carbocycles. The standard InChI is InChI=1S/C40H48N6O6S2/c1-24(2)35(44-40(50)52-5)38(48)46-19-7-9-31(46)37-42-23-33(54-37)29-16-12-27(13-17-29)26-10-14-28(15-11-26)32-22-41-36(53-32)30-8-6-18-45(30)34(47)20-25(3)21-43-39(49)51-4/h10-17,22-25,30-31,35H,6-9,18-21H2,1-5H3,(H,43,49)(H,44,50). The molecule has 6 rings (SSSR count). The molecule has 286 valence electrons. The van der Waals surface area contributed by atoms with Crippen molar-refractivity contribution in [1.29, 1.82) is 0 Å². The van der Waals surface area contributed by atoms with E-state index in [1.165, 1.54) is 14.2 Å². The number of nitrogens with one attached hydrogen (secondary N) is 2. The number of carbonyl (C=O) groups is 4. The number of hydrogen-bond donors (Lipinski definition) is 2. The molecule has 4 unspecified atom stereocenters. The van der Waals surface area contributed by atoms with Crippen LogP contribution in [-0.2, 0) is 19.1 Å². The SMILES string of the molecule is COC(=O)NCC(C)CC(=O)N1CCCC1c1ncc(-c2ccc(-c3ccc(-c4cnc(C5CCCN5C(=O)C(NC(=O)OC)C(C)C)s4)cc3)cc2)s1. The molecule has 12 nitrogen and oxygen atoms in total. The number of ether oxygens (including phenoxy) is 2. The minimum absolute atomic E-state index is 0.00513. The zero-order valence-corrected chi connectivity index (χ0v) is 33.0. The number of benzene rings is 2. The predicted molar refractivity (Wildman–Crippen MR) is 210 cm³/mol. The van der Waals surface area contributed by atoms with Gasteiger partial charge in [-0.2, -0.15) is 0 Å². The van der Waals surface area contributed by atoms with Crippen molar-refractivity contribution in [2.75, 3.05) is 33.9 Å². The van der Waals surface area contributed by atoms with Crippen LogP contribution in [0.4, 0.5) is 9.59 Å². The Bertz CT molecular complexity index is 1930. The Morgan fingerprint density at radius 1 is 0.741 bits per heavy atom. The average Bonchev–Trinajstić information content (AvgIpc) is 4.02. The van der Waals surface area contributed by atoms with Gasteiger partial charge in [-0.05, 0) is 59.8 Å². The van der Waals surface area contributed by atoms with E-state index >= 15 is 0 Å². The van der Waals surface area contributed by atoms with Crippen molar-refractivity contribution >= 4 is 46.7 Å². The molecule has 0 bridgehead atoms. The van der Waals surface area contributed by atoms with Crippen LogP contribution in [0.25, 0.3) is 32.0 Å². The average molecular weight is 773 g/mol. The van der Waals surface area contributed by atoms with Gasteiger partial charge in [-0.15, -0.1) is 22.7 Å². The highest BCUT2D eigenvalue weighted by molar-refractivity contribution is 7.15. The second kappa shape index (κ2) is 17.5. The summed E-state index contributed by atoms with van der Waals surface area (Å²) in [6.07, 6.45) is 6.57. The summed E-state index contributed by atoms with van der Waals surface area (Å²) in [5.41, 5.74) is 4.34. The second-order valence-electron chi connectivity index (χ2n) is 14.3. The first-order valence-corrected chi connectivity index (χ1v) is 20.1. The molecule has 54 heavy (non-hydrogen) atoms. The number of methoxy groups -OCH3 is 2. The molecule has 4 heterocycles. The van der Waals surface area contributed by atoms with E-state index in [0.29, 0.717) is 26.1 Å². The van der Waals surface area contributed by atoms with Crippen LogP contribution in [0.15, 0.2) is 60.9 Å². The Kier molecular flexibility index (Phi) is 12.6. The Balaban J connectivity index is 1.07. The maximum absolute atomic E-state index is 13.5. The van der Waals surface area contributed by atoms with Crippen molar-refractivity contribution in [2.24, 2.45) is 11.8 Å². The van der Waals surface area contributed by atoms with Crippen molar-refractivity contribution in [2.45, 2.75) is 71.0 Å². The van der Waals surface area contributed by atoms with Gasteiger partial charge in [-0.1, -0.05) is 69.3 Å². The number of thiazole rings is 2. The number of carbonyl (C=O) groups excluding carboxylic acids is 4. The van der Waals surface area contributed by atoms with Gasteiger partial charge < -0.3 is 29.9 Å². The highest BCUT2D eigenvalue weighted by atomic mass is 32.1. The minimum atomic E-state index is -0.663. The molecule has 0 radical (unpaired) electrons. The third-order valence-corrected chi connectivity index (χ3v) is 12.4. The first-order valence-electron chi connectivity index (χ1n) is 18.4. The zero-order chi connectivity index (χ0) is 38.4. The first kappa shape index (κ1) is 38.9. The van der Waals surface area contributed by atoms with Crippen LogP contribution < -0.4 is 10.6 Å². The molecule has 2 aliphatic rings. The summed E-state index contributed by atoms with van der Waals surface area (Å²) in [7, 11) is 2.62. The Morgan fingerprint density at radius 3 is 1.72 bits per heavy atom. The summed E-state index contributed by atoms with van der Waals surface area (Å²) in [5, 5.41) is 7.23. The van der Waals surface area contributed by atoms with Gasteiger partial charge in [0.25, 0.3) is 0 Å². The van der Waals surface area contributed by atoms with Crippen molar-refractivity contribution in [3.63, 3.8) is 0 Å². The summed E-state index contributed by atoms with van der Waals surface area (Å²) < 4.78 is 9.40. The summed E-state index contributed by atoms with van der Waals surface area (Å²) in [6, 6.07) is 16.1. The van der Waals surface area contributed by atoms with Gasteiger partial charge >= 0.3 is 12.2 Å². The predicted octanol–water partition coefficient (Wildman–Crippen LogP) is 7.69. The van der Waals surface area contributed by atoms with Crippen LogP contribution >= 0.6 is 22.7 Å². The molecule has 14 heteroatoms. The lowest BCUT2D eigenvalue weighted by molar-refractivity contribution is -0.135. The number of likely N-dealkylation sites (tertiary alicyclic amines) is 2. The maximum atomic E-state index is 13.5. The van der Waals surface area contributed by atoms with Gasteiger partial charge in [0.05, 0.1) is 36.1 Å². The van der Waals surface area contributed by atoms with Crippen LogP contribution in [0.1, 0.15) is 75.0 Å². The number of alkyl carbamates (subject to hydrolysis) is 2. The fourth-order valence-electron chi connectivity index (χ4n) is 7.11. The largest absolute Gasteiger partial charge is 0.453 e. The summed E-state index contributed by atoms with van der Waals surface area (Å²) in [6.45, 7) is 7.50. The Hall–Kier alpha value is -4.82. The molecule has 4 atom stereocenters. The fraction of sp³-hybridized carbons (Fsp3) is 0.450. The van der Waals surface area contributed by atoms with Crippen molar-refractivity contribution in [3.05, 3.63) is 70.9 Å². The number of hydrogen-bond acceptors (Lipinski definition) is 10. The van der Waals surface area contributed by atoms with Crippen LogP contribution in [0.2, 0.25) is 0 Å².